The molecule has 0 aromatic rings. The molecule has 1 aliphatic rings. The summed E-state index contributed by atoms with van der Waals surface area (Å²) in [5.74, 6) is 0. The summed E-state index contributed by atoms with van der Waals surface area (Å²) < 4.78 is 4.96. The molecule has 2 heteroatoms. The van der Waals surface area contributed by atoms with Gasteiger partial charge in [-0.3, -0.25) is 0 Å². The van der Waals surface area contributed by atoms with Crippen LogP contribution in [-0.2, 0) is 4.74 Å². The predicted octanol–water partition coefficient (Wildman–Crippen LogP) is 0.889. The van der Waals surface area contributed by atoms with Crippen LogP contribution in [0.3, 0.4) is 0 Å². The van der Waals surface area contributed by atoms with Gasteiger partial charge in [-0.05, 0) is 19.9 Å². The maximum atomic E-state index is 4.96. The predicted molar refractivity (Wildman–Crippen MR) is 37.0 cm³/mol. The smallest absolute Gasteiger partial charge is 0.0704 e. The Morgan fingerprint density at radius 3 is 2.44 bits per heavy atom. The van der Waals surface area contributed by atoms with E-state index in [1.165, 1.54) is 0 Å². The van der Waals surface area contributed by atoms with Crippen molar-refractivity contribution in [2.75, 3.05) is 20.1 Å². The van der Waals surface area contributed by atoms with E-state index in [0.717, 1.165) is 25.9 Å². The summed E-state index contributed by atoms with van der Waals surface area (Å²) in [6, 6.07) is 0. The second-order valence-electron chi connectivity index (χ2n) is 2.67. The van der Waals surface area contributed by atoms with Gasteiger partial charge in [0.1, 0.15) is 0 Å². The Morgan fingerprint density at radius 2 is 2.00 bits per heavy atom. The molecule has 0 unspecified atom stereocenters. The second-order valence-corrected chi connectivity index (χ2v) is 2.67. The summed E-state index contributed by atoms with van der Waals surface area (Å²) in [4.78, 5) is 2.32. The van der Waals surface area contributed by atoms with Crippen LogP contribution in [-0.4, -0.2) is 31.1 Å². The van der Waals surface area contributed by atoms with Gasteiger partial charge in [0.05, 0.1) is 13.2 Å². The molecule has 0 aliphatic carbocycles. The molecule has 1 aliphatic heterocycles. The largest absolute Gasteiger partial charge is 0.376 e. The fraction of sp³-hybridized carbons (Fsp3) is 0.857. The van der Waals surface area contributed by atoms with Crippen molar-refractivity contribution in [2.24, 2.45) is 0 Å². The molecule has 1 radical (unpaired) electrons. The molecule has 0 aromatic carbocycles. The summed E-state index contributed by atoms with van der Waals surface area (Å²) in [7, 11) is 5.55. The quantitative estimate of drug-likeness (QED) is 0.520. The monoisotopic (exact) mass is 128 g/mol. The third-order valence-corrected chi connectivity index (χ3v) is 1.90. The van der Waals surface area contributed by atoms with Crippen LogP contribution in [0.2, 0.25) is 0 Å². The van der Waals surface area contributed by atoms with Crippen LogP contribution < -0.4 is 0 Å². The zero-order valence-electron chi connectivity index (χ0n) is 5.97. The first-order chi connectivity index (χ1) is 4.33. The van der Waals surface area contributed by atoms with E-state index in [4.69, 9.17) is 4.74 Å². The van der Waals surface area contributed by atoms with Gasteiger partial charge in [0, 0.05) is 13.1 Å². The van der Waals surface area contributed by atoms with Crippen molar-refractivity contribution in [2.45, 2.75) is 18.9 Å². The van der Waals surface area contributed by atoms with Crippen LogP contribution in [0, 0.1) is 7.11 Å². The van der Waals surface area contributed by atoms with Crippen LogP contribution in [0.4, 0.5) is 0 Å². The van der Waals surface area contributed by atoms with Gasteiger partial charge in [0.25, 0.3) is 0 Å². The molecule has 1 rings (SSSR count). The van der Waals surface area contributed by atoms with Gasteiger partial charge >= 0.3 is 0 Å². The SMILES string of the molecule is [CH2]OC1CCN(C)CC1. The van der Waals surface area contributed by atoms with Crippen LogP contribution >= 0.6 is 0 Å². The first-order valence-corrected chi connectivity index (χ1v) is 3.42. The normalized spacial score (nSPS) is 24.7. The maximum absolute atomic E-state index is 4.96. The average molecular weight is 128 g/mol. The van der Waals surface area contributed by atoms with Gasteiger partial charge in [0.15, 0.2) is 0 Å². The van der Waals surface area contributed by atoms with Crippen LogP contribution in [0.1, 0.15) is 12.8 Å². The zero-order valence-corrected chi connectivity index (χ0v) is 5.97. The van der Waals surface area contributed by atoms with E-state index in [1.54, 1.807) is 0 Å². The number of hydrogen-bond donors (Lipinski definition) is 0. The van der Waals surface area contributed by atoms with Gasteiger partial charge in [0.2, 0.25) is 0 Å². The molecule has 0 atom stereocenters. The Kier molecular flexibility index (Phi) is 2.49. The van der Waals surface area contributed by atoms with Gasteiger partial charge < -0.3 is 9.64 Å². The van der Waals surface area contributed by atoms with E-state index >= 15 is 0 Å². The molecule has 0 aromatic heterocycles. The Balaban J connectivity index is 2.18. The fourth-order valence-electron chi connectivity index (χ4n) is 1.15. The number of ether oxygens (including phenoxy) is 1. The van der Waals surface area contributed by atoms with Gasteiger partial charge in [-0.25, -0.2) is 0 Å². The topological polar surface area (TPSA) is 12.5 Å². The molecular weight excluding hydrogens is 114 g/mol. The summed E-state index contributed by atoms with van der Waals surface area (Å²) >= 11 is 0. The summed E-state index contributed by atoms with van der Waals surface area (Å²) in [5.41, 5.74) is 0. The molecule has 2 nitrogen and oxygen atoms in total. The molecular formula is C7H14NO. The van der Waals surface area contributed by atoms with Crippen molar-refractivity contribution in [3.63, 3.8) is 0 Å². The number of piperidine rings is 1. The van der Waals surface area contributed by atoms with Crippen molar-refractivity contribution in [1.82, 2.24) is 4.90 Å². The second kappa shape index (κ2) is 3.18. The standard InChI is InChI=1S/C7H14NO/c1-8-5-3-7(9-2)4-6-8/h7H,2-6H2,1H3. The van der Waals surface area contributed by atoms with E-state index in [1.807, 2.05) is 0 Å². The minimum Gasteiger partial charge on any atom is -0.376 e. The van der Waals surface area contributed by atoms with Gasteiger partial charge in [-0.1, -0.05) is 0 Å². The molecule has 1 fully saturated rings. The molecule has 9 heavy (non-hydrogen) atoms. The molecule has 0 saturated carbocycles. The van der Waals surface area contributed by atoms with Crippen molar-refractivity contribution in [3.05, 3.63) is 7.11 Å². The van der Waals surface area contributed by atoms with Crippen molar-refractivity contribution >= 4 is 0 Å². The number of hydrogen-bond acceptors (Lipinski definition) is 2. The molecule has 1 saturated heterocycles. The Labute approximate surface area is 56.8 Å². The lowest BCUT2D eigenvalue weighted by molar-refractivity contribution is 0.0725. The van der Waals surface area contributed by atoms with Crippen LogP contribution in [0.5, 0.6) is 0 Å². The minimum absolute atomic E-state index is 0.418. The van der Waals surface area contributed by atoms with E-state index in [2.05, 4.69) is 19.1 Å². The molecule has 0 N–H and O–H groups in total. The maximum Gasteiger partial charge on any atom is 0.0704 e. The van der Waals surface area contributed by atoms with E-state index in [-0.39, 0.29) is 0 Å². The highest BCUT2D eigenvalue weighted by atomic mass is 16.5. The highest BCUT2D eigenvalue weighted by Crippen LogP contribution is 2.10. The first-order valence-electron chi connectivity index (χ1n) is 3.42. The lowest BCUT2D eigenvalue weighted by Crippen LogP contribution is -2.33. The first kappa shape index (κ1) is 7.03. The average Bonchev–Trinajstić information content (AvgIpc) is 1.90. The summed E-state index contributed by atoms with van der Waals surface area (Å²) in [6.07, 6.45) is 2.70. The zero-order chi connectivity index (χ0) is 6.69. The van der Waals surface area contributed by atoms with E-state index < -0.39 is 0 Å². The van der Waals surface area contributed by atoms with Crippen LogP contribution in [0.15, 0.2) is 0 Å². The highest BCUT2D eigenvalue weighted by Gasteiger charge is 2.14. The Morgan fingerprint density at radius 1 is 1.44 bits per heavy atom. The van der Waals surface area contributed by atoms with Crippen molar-refractivity contribution < 1.29 is 4.74 Å². The summed E-state index contributed by atoms with van der Waals surface area (Å²) in [6.45, 7) is 2.31. The Bertz CT molecular complexity index is 77.0. The molecule has 53 valence electrons. The van der Waals surface area contributed by atoms with Gasteiger partial charge in [-0.15, -0.1) is 0 Å². The molecule has 0 bridgehead atoms. The van der Waals surface area contributed by atoms with Crippen molar-refractivity contribution in [3.8, 4) is 0 Å². The minimum atomic E-state index is 0.418. The van der Waals surface area contributed by atoms with E-state index in [9.17, 15) is 0 Å². The molecule has 0 amide bonds. The lowest BCUT2D eigenvalue weighted by atomic mass is 10.1. The lowest BCUT2D eigenvalue weighted by Gasteiger charge is -2.27. The third kappa shape index (κ3) is 1.95. The fourth-order valence-corrected chi connectivity index (χ4v) is 1.15. The third-order valence-electron chi connectivity index (χ3n) is 1.90. The van der Waals surface area contributed by atoms with Crippen LogP contribution in [0.25, 0.3) is 0 Å². The summed E-state index contributed by atoms with van der Waals surface area (Å²) in [5, 5.41) is 0. The molecule has 0 spiro atoms. The number of rotatable bonds is 1. The van der Waals surface area contributed by atoms with E-state index in [0.29, 0.717) is 6.10 Å². The highest BCUT2D eigenvalue weighted by molar-refractivity contribution is 4.69. The van der Waals surface area contributed by atoms with Crippen molar-refractivity contribution in [1.29, 1.82) is 0 Å². The van der Waals surface area contributed by atoms with Gasteiger partial charge in [-0.2, -0.15) is 0 Å². The Hall–Kier alpha value is -0.0800. The number of likely N-dealkylation sites (tertiary alicyclic amines) is 1. The molecule has 1 heterocycles. The number of nitrogens with zero attached hydrogens (tertiary/aromatic N) is 1.